The molecule has 1 aliphatic rings. The largest absolute Gasteiger partial charge is 0.428 e. The molecule has 3 aromatic rings. The molecule has 1 aliphatic heterocycles. The number of aromatic nitrogens is 4. The van der Waals surface area contributed by atoms with E-state index < -0.39 is 10.0 Å². The zero-order chi connectivity index (χ0) is 20.2. The van der Waals surface area contributed by atoms with Crippen LogP contribution in [0.5, 0.6) is 0 Å². The Hall–Kier alpha value is -1.97. The number of nitrogens with zero attached hydrogens (tertiary/aromatic N) is 5. The van der Waals surface area contributed by atoms with Crippen molar-refractivity contribution in [3.8, 4) is 0 Å². The lowest BCUT2D eigenvalue weighted by Gasteiger charge is -2.30. The minimum Gasteiger partial charge on any atom is -0.428 e. The predicted octanol–water partition coefficient (Wildman–Crippen LogP) is 2.25. The van der Waals surface area contributed by atoms with Crippen LogP contribution in [-0.2, 0) is 10.0 Å². The molecule has 1 fully saturated rings. The Bertz CT molecular complexity index is 1170. The number of fused-ring (bicyclic) bond motifs is 1. The molecular weight excluding hydrogens is 366 g/mol. The Morgan fingerprint density at radius 3 is 2.80 bits per heavy atom. The first kappa shape index (κ1) is 13.3. The fraction of sp³-hybridized carbons (Fsp3) is 0.400. The van der Waals surface area contributed by atoms with Gasteiger partial charge in [-0.25, -0.2) is 22.9 Å². The Kier molecular flexibility index (Phi) is 3.23. The van der Waals surface area contributed by atoms with E-state index in [4.69, 9.17) is 20.1 Å². The third kappa shape index (κ3) is 2.92. The van der Waals surface area contributed by atoms with Gasteiger partial charge in [0.05, 0.1) is 8.94 Å². The van der Waals surface area contributed by atoms with Crippen LogP contribution in [0.15, 0.2) is 34.2 Å². The minimum atomic E-state index is -3.77. The molecule has 3 aromatic heterocycles. The van der Waals surface area contributed by atoms with Gasteiger partial charge in [-0.2, -0.15) is 9.40 Å². The van der Waals surface area contributed by atoms with E-state index in [1.807, 2.05) is 0 Å². The fourth-order valence-corrected chi connectivity index (χ4v) is 4.58. The van der Waals surface area contributed by atoms with Gasteiger partial charge < -0.3 is 4.42 Å². The first-order chi connectivity index (χ1) is 13.2. The first-order valence-electron chi connectivity index (χ1n) is 9.14. The average molecular weight is 385 g/mol. The molecule has 4 rings (SSSR count). The molecule has 0 aliphatic carbocycles. The molecule has 132 valence electrons. The molecule has 0 saturated carbocycles. The van der Waals surface area contributed by atoms with Crippen molar-refractivity contribution in [2.45, 2.75) is 30.8 Å². The fourth-order valence-electron chi connectivity index (χ4n) is 2.94. The van der Waals surface area contributed by atoms with Crippen LogP contribution in [-0.4, -0.2) is 45.4 Å². The molecule has 0 spiro atoms. The number of aryl methyl sites for hydroxylation is 1. The Labute approximate surface area is 153 Å². The molecule has 10 heteroatoms. The second-order valence-electron chi connectivity index (χ2n) is 5.79. The third-order valence-corrected chi connectivity index (χ3v) is 6.28. The maximum Gasteiger partial charge on any atom is 0.278 e. The van der Waals surface area contributed by atoms with Crippen LogP contribution in [0.25, 0.3) is 5.65 Å². The second kappa shape index (κ2) is 6.08. The van der Waals surface area contributed by atoms with E-state index in [0.717, 1.165) is 4.52 Å². The van der Waals surface area contributed by atoms with Crippen LogP contribution < -0.4 is 0 Å². The number of hydrogen-bond acceptors (Lipinski definition) is 6. The summed E-state index contributed by atoms with van der Waals surface area (Å²) in [6.07, 6.45) is 1.71. The molecule has 1 saturated heterocycles. The first-order valence-corrected chi connectivity index (χ1v) is 9.46. The molecule has 0 atom stereocenters. The number of sulfonamides is 1. The number of oxazole rings is 1. The van der Waals surface area contributed by atoms with Crippen molar-refractivity contribution in [3.05, 3.63) is 41.2 Å². The molecule has 0 amide bonds. The van der Waals surface area contributed by atoms with Crippen LogP contribution in [0.2, 0.25) is 5.02 Å². The van der Waals surface area contributed by atoms with Crippen LogP contribution >= 0.6 is 11.6 Å². The summed E-state index contributed by atoms with van der Waals surface area (Å²) < 4.78 is 57.0. The maximum atomic E-state index is 12.7. The monoisotopic (exact) mass is 384 g/mol. The van der Waals surface area contributed by atoms with E-state index in [9.17, 15) is 8.42 Å². The van der Waals surface area contributed by atoms with Crippen LogP contribution in [0.3, 0.4) is 0 Å². The number of halogens is 1. The van der Waals surface area contributed by atoms with Gasteiger partial charge in [0.2, 0.25) is 0 Å². The smallest absolute Gasteiger partial charge is 0.278 e. The summed E-state index contributed by atoms with van der Waals surface area (Å²) in [6, 6.07) is -0.0918. The van der Waals surface area contributed by atoms with Gasteiger partial charge in [-0.1, -0.05) is 11.6 Å². The number of pyridine rings is 1. The van der Waals surface area contributed by atoms with Gasteiger partial charge >= 0.3 is 0 Å². The number of rotatable bonds is 3. The van der Waals surface area contributed by atoms with Crippen molar-refractivity contribution in [2.24, 2.45) is 0 Å². The zero-order valence-electron chi connectivity index (χ0n) is 16.2. The highest BCUT2D eigenvalue weighted by Crippen LogP contribution is 2.34. The van der Waals surface area contributed by atoms with E-state index in [2.05, 4.69) is 15.1 Å². The summed E-state index contributed by atoms with van der Waals surface area (Å²) in [7, 11) is -3.77. The van der Waals surface area contributed by atoms with E-state index in [1.165, 1.54) is 10.5 Å². The van der Waals surface area contributed by atoms with E-state index in [0.29, 0.717) is 18.4 Å². The highest BCUT2D eigenvalue weighted by molar-refractivity contribution is 7.89. The van der Waals surface area contributed by atoms with Gasteiger partial charge in [0.25, 0.3) is 15.1 Å². The van der Waals surface area contributed by atoms with Crippen LogP contribution in [0, 0.1) is 6.92 Å². The van der Waals surface area contributed by atoms with Gasteiger partial charge in [0, 0.05) is 37.3 Å². The van der Waals surface area contributed by atoms with Crippen molar-refractivity contribution in [1.29, 1.82) is 0 Å². The van der Waals surface area contributed by atoms with Crippen molar-refractivity contribution in [2.75, 3.05) is 13.1 Å². The average Bonchev–Trinajstić information content (AvgIpc) is 3.27. The summed E-state index contributed by atoms with van der Waals surface area (Å²) in [5.74, 6) is 0.0618. The molecule has 0 bridgehead atoms. The molecule has 4 heterocycles. The highest BCUT2D eigenvalue weighted by Gasteiger charge is 2.33. The van der Waals surface area contributed by atoms with Gasteiger partial charge in [0.1, 0.15) is 7.67 Å². The summed E-state index contributed by atoms with van der Waals surface area (Å²) in [6.45, 7) is 2.01. The summed E-state index contributed by atoms with van der Waals surface area (Å²) in [4.78, 5) is 7.66. The quantitative estimate of drug-likeness (QED) is 0.687. The van der Waals surface area contributed by atoms with Crippen molar-refractivity contribution in [3.63, 3.8) is 0 Å². The molecule has 0 N–H and O–H groups in total. The third-order valence-electron chi connectivity index (χ3n) is 4.24. The SMILES string of the molecule is [2H]c1nc2c([2H])c(Cl)c(C3CCN(S(=O)(=O)c4cnc(C)o4)CC3)c([2H])n2n1. The normalized spacial score (nSPS) is 19.0. The highest BCUT2D eigenvalue weighted by atomic mass is 35.5. The second-order valence-corrected chi connectivity index (χ2v) is 8.04. The van der Waals surface area contributed by atoms with Crippen molar-refractivity contribution < 1.29 is 16.9 Å². The summed E-state index contributed by atoms with van der Waals surface area (Å²) in [5.41, 5.74) is 0.487. The predicted molar refractivity (Wildman–Crippen MR) is 90.0 cm³/mol. The molecular formula is C15H16ClN5O3S. The number of piperidine rings is 1. The van der Waals surface area contributed by atoms with Crippen LogP contribution in [0.4, 0.5) is 0 Å². The zero-order valence-corrected chi connectivity index (χ0v) is 14.8. The van der Waals surface area contributed by atoms with Crippen LogP contribution in [0.1, 0.15) is 34.3 Å². The lowest BCUT2D eigenvalue weighted by molar-refractivity contribution is 0.307. The Morgan fingerprint density at radius 2 is 2.12 bits per heavy atom. The molecule has 25 heavy (non-hydrogen) atoms. The minimum absolute atomic E-state index is 0.0332. The van der Waals surface area contributed by atoms with Crippen molar-refractivity contribution >= 4 is 27.3 Å². The summed E-state index contributed by atoms with van der Waals surface area (Å²) in [5, 5.41) is 3.75. The molecule has 0 aromatic carbocycles. The van der Waals surface area contributed by atoms with E-state index in [-0.39, 0.29) is 59.2 Å². The Morgan fingerprint density at radius 1 is 1.36 bits per heavy atom. The Balaban J connectivity index is 1.62. The standard InChI is InChI=1S/C15H16ClN5O3S/c1-10-17-7-15(24-10)25(22,23)20-4-2-11(3-5-20)12-8-21-14(6-13(12)16)18-9-19-21/h6-9,11H,2-5H2,1H3/i6D,8D,9D. The topological polar surface area (TPSA) is 93.6 Å². The lowest BCUT2D eigenvalue weighted by Crippen LogP contribution is -2.37. The molecule has 0 unspecified atom stereocenters. The summed E-state index contributed by atoms with van der Waals surface area (Å²) >= 11 is 6.34. The van der Waals surface area contributed by atoms with E-state index >= 15 is 0 Å². The van der Waals surface area contributed by atoms with Gasteiger partial charge in [-0.15, -0.1) is 0 Å². The number of hydrogen-bond donors (Lipinski definition) is 0. The molecule has 8 nitrogen and oxygen atoms in total. The molecule has 0 radical (unpaired) electrons. The lowest BCUT2D eigenvalue weighted by atomic mass is 9.91. The maximum absolute atomic E-state index is 12.7. The van der Waals surface area contributed by atoms with E-state index in [1.54, 1.807) is 6.92 Å². The van der Waals surface area contributed by atoms with Gasteiger partial charge in [-0.3, -0.25) is 0 Å². The van der Waals surface area contributed by atoms with Crippen molar-refractivity contribution in [1.82, 2.24) is 23.9 Å². The van der Waals surface area contributed by atoms with Gasteiger partial charge in [0.15, 0.2) is 11.5 Å². The van der Waals surface area contributed by atoms with Gasteiger partial charge in [-0.05, 0) is 24.3 Å².